The Hall–Kier alpha value is -1.94. The maximum Gasteiger partial charge on any atom is 0.472 e. The van der Waals surface area contributed by atoms with E-state index in [0.29, 0.717) is 25.7 Å². The Kier molecular flexibility index (Phi) is 68.1. The average molecular weight is 1440 g/mol. The zero-order chi connectivity index (χ0) is 72.3. The second-order valence-corrected chi connectivity index (χ2v) is 32.8. The molecule has 0 bridgehead atoms. The summed E-state index contributed by atoms with van der Waals surface area (Å²) in [4.78, 5) is 73.0. The summed E-state index contributed by atoms with van der Waals surface area (Å²) in [7, 11) is -9.92. The second-order valence-electron chi connectivity index (χ2n) is 29.9. The van der Waals surface area contributed by atoms with Gasteiger partial charge in [-0.3, -0.25) is 37.3 Å². The molecule has 0 aliphatic carbocycles. The van der Waals surface area contributed by atoms with Crippen LogP contribution in [0.3, 0.4) is 0 Å². The highest BCUT2D eigenvalue weighted by Gasteiger charge is 2.30. The van der Waals surface area contributed by atoms with Crippen LogP contribution in [0.5, 0.6) is 0 Å². The van der Waals surface area contributed by atoms with Gasteiger partial charge in [0, 0.05) is 25.7 Å². The summed E-state index contributed by atoms with van der Waals surface area (Å²) < 4.78 is 68.7. The van der Waals surface area contributed by atoms with E-state index < -0.39 is 97.5 Å². The van der Waals surface area contributed by atoms with Crippen molar-refractivity contribution in [1.82, 2.24) is 0 Å². The molecule has 0 radical (unpaired) electrons. The van der Waals surface area contributed by atoms with Gasteiger partial charge >= 0.3 is 39.5 Å². The van der Waals surface area contributed by atoms with Gasteiger partial charge in [0.25, 0.3) is 0 Å². The van der Waals surface area contributed by atoms with Crippen LogP contribution in [0, 0.1) is 17.8 Å². The predicted molar refractivity (Wildman–Crippen MR) is 400 cm³/mol. The minimum Gasteiger partial charge on any atom is -0.462 e. The molecule has 2 unspecified atom stereocenters. The number of carbonyl (C=O) groups is 4. The van der Waals surface area contributed by atoms with Crippen LogP contribution in [0.1, 0.15) is 408 Å². The van der Waals surface area contributed by atoms with E-state index in [4.69, 9.17) is 37.0 Å². The number of carbonyl (C=O) groups excluding carboxylic acids is 4. The average Bonchev–Trinajstić information content (AvgIpc) is 1.07. The first kappa shape index (κ1) is 96.1. The number of esters is 4. The number of hydrogen-bond donors (Lipinski definition) is 3. The largest absolute Gasteiger partial charge is 0.472 e. The molecular weight excluding hydrogens is 1280 g/mol. The lowest BCUT2D eigenvalue weighted by Crippen LogP contribution is -2.30. The monoisotopic (exact) mass is 1440 g/mol. The Bertz CT molecular complexity index is 1900. The second kappa shape index (κ2) is 69.4. The van der Waals surface area contributed by atoms with Crippen molar-refractivity contribution in [1.29, 1.82) is 0 Å². The maximum absolute atomic E-state index is 13.1. The summed E-state index contributed by atoms with van der Waals surface area (Å²) in [6.07, 6.45) is 56.7. The van der Waals surface area contributed by atoms with E-state index in [0.717, 1.165) is 108 Å². The van der Waals surface area contributed by atoms with Crippen LogP contribution in [0.2, 0.25) is 0 Å². The van der Waals surface area contributed by atoms with Crippen molar-refractivity contribution in [3.05, 3.63) is 0 Å². The van der Waals surface area contributed by atoms with Gasteiger partial charge < -0.3 is 33.8 Å². The number of aliphatic hydroxyl groups is 1. The number of phosphoric acid groups is 2. The quantitative estimate of drug-likeness (QED) is 0.0222. The lowest BCUT2D eigenvalue weighted by atomic mass is 10.0. The van der Waals surface area contributed by atoms with E-state index in [9.17, 15) is 43.2 Å². The van der Waals surface area contributed by atoms with Crippen LogP contribution < -0.4 is 0 Å². The van der Waals surface area contributed by atoms with E-state index in [2.05, 4.69) is 48.5 Å². The van der Waals surface area contributed by atoms with Gasteiger partial charge in [-0.25, -0.2) is 9.13 Å². The molecule has 0 saturated carbocycles. The lowest BCUT2D eigenvalue weighted by Gasteiger charge is -2.21. The maximum atomic E-state index is 13.1. The van der Waals surface area contributed by atoms with Crippen LogP contribution in [-0.2, 0) is 65.4 Å². The van der Waals surface area contributed by atoms with Crippen molar-refractivity contribution in [3.63, 3.8) is 0 Å². The summed E-state index contributed by atoms with van der Waals surface area (Å²) in [5.74, 6) is 0.234. The smallest absolute Gasteiger partial charge is 0.462 e. The molecule has 0 rings (SSSR count). The molecule has 0 fully saturated rings. The van der Waals surface area contributed by atoms with Gasteiger partial charge in [0.1, 0.15) is 19.3 Å². The molecule has 0 heterocycles. The van der Waals surface area contributed by atoms with Gasteiger partial charge in [0.05, 0.1) is 26.4 Å². The fraction of sp³-hybridized carbons (Fsp3) is 0.949. The van der Waals surface area contributed by atoms with Crippen molar-refractivity contribution in [2.24, 2.45) is 17.8 Å². The molecule has 0 aromatic rings. The highest BCUT2D eigenvalue weighted by atomic mass is 31.2. The number of rotatable bonds is 77. The third-order valence-corrected chi connectivity index (χ3v) is 20.3. The summed E-state index contributed by atoms with van der Waals surface area (Å²) in [5.41, 5.74) is 0. The SMILES string of the molecule is CCCCCCCCCCCCCCC(=O)OC[C@H](COP(=O)(O)OC[C@H](O)COP(=O)(O)OC[C@@H](COC(=O)CCCCCCCCCCCCCCC(C)C)OC(=O)CCCCCCCCCCCCCCCC(C)C)OC(=O)CCCCCCCCCCCCCCC(C)C. The molecule has 98 heavy (non-hydrogen) atoms. The molecule has 0 aromatic heterocycles. The van der Waals surface area contributed by atoms with Gasteiger partial charge in [-0.2, -0.15) is 0 Å². The number of aliphatic hydroxyl groups excluding tert-OH is 1. The summed E-state index contributed by atoms with van der Waals surface area (Å²) >= 11 is 0. The molecule has 0 aliphatic heterocycles. The Morgan fingerprint density at radius 3 is 0.694 bits per heavy atom. The molecule has 0 spiro atoms. The van der Waals surface area contributed by atoms with Crippen LogP contribution >= 0.6 is 15.6 Å². The Balaban J connectivity index is 5.27. The number of ether oxygens (including phenoxy) is 4. The fourth-order valence-corrected chi connectivity index (χ4v) is 13.7. The number of unbranched alkanes of at least 4 members (excludes halogenated alkanes) is 45. The first-order valence-electron chi connectivity index (χ1n) is 40.8. The molecule has 0 aliphatic rings. The van der Waals surface area contributed by atoms with Gasteiger partial charge in [-0.05, 0) is 43.4 Å². The first-order chi connectivity index (χ1) is 47.2. The lowest BCUT2D eigenvalue weighted by molar-refractivity contribution is -0.161. The van der Waals surface area contributed by atoms with E-state index in [1.165, 1.54) is 218 Å². The molecule has 17 nitrogen and oxygen atoms in total. The van der Waals surface area contributed by atoms with Crippen LogP contribution in [0.15, 0.2) is 0 Å². The third-order valence-electron chi connectivity index (χ3n) is 18.4. The molecule has 3 N–H and O–H groups in total. The third kappa shape index (κ3) is 72.4. The standard InChI is InChI=1S/C79H154O17P2/c1-8-9-10-11-12-13-14-25-32-39-46-53-60-76(81)89-66-74(96-79(84)63-56-49-42-35-28-21-19-24-31-38-45-52-59-72(6)7)68-93-97(85,86)91-64-73(80)65-92-98(87,88)94-69-75(67-90-77(82)61-54-47-40-33-26-20-18-23-30-37-44-51-58-71(4)5)95-78(83)62-55-48-41-34-27-17-15-16-22-29-36-43-50-57-70(2)3/h70-75,80H,8-69H2,1-7H3,(H,85,86)(H,87,88)/t73-,74+,75+/m0/s1. The molecule has 5 atom stereocenters. The van der Waals surface area contributed by atoms with Crippen molar-refractivity contribution in [2.75, 3.05) is 39.6 Å². The van der Waals surface area contributed by atoms with Crippen molar-refractivity contribution in [2.45, 2.75) is 426 Å². The van der Waals surface area contributed by atoms with Crippen LogP contribution in [0.4, 0.5) is 0 Å². The minimum atomic E-state index is -4.96. The first-order valence-corrected chi connectivity index (χ1v) is 43.8. The van der Waals surface area contributed by atoms with Crippen LogP contribution in [0.25, 0.3) is 0 Å². The van der Waals surface area contributed by atoms with Crippen molar-refractivity contribution >= 4 is 39.5 Å². The highest BCUT2D eigenvalue weighted by molar-refractivity contribution is 7.47. The zero-order valence-electron chi connectivity index (χ0n) is 64.3. The minimum absolute atomic E-state index is 0.107. The van der Waals surface area contributed by atoms with E-state index in [-0.39, 0.29) is 25.7 Å². The Labute approximate surface area is 600 Å². The molecule has 0 aromatic carbocycles. The molecule has 582 valence electrons. The fourth-order valence-electron chi connectivity index (χ4n) is 12.1. The van der Waals surface area contributed by atoms with Gasteiger partial charge in [0.15, 0.2) is 12.2 Å². The van der Waals surface area contributed by atoms with Gasteiger partial charge in [-0.15, -0.1) is 0 Å². The normalized spacial score (nSPS) is 14.0. The zero-order valence-corrected chi connectivity index (χ0v) is 66.0. The number of phosphoric ester groups is 2. The summed E-state index contributed by atoms with van der Waals surface area (Å²) in [6, 6.07) is 0. The Morgan fingerprint density at radius 2 is 0.469 bits per heavy atom. The van der Waals surface area contributed by atoms with Crippen LogP contribution in [-0.4, -0.2) is 96.7 Å². The summed E-state index contributed by atoms with van der Waals surface area (Å²) in [6.45, 7) is 12.0. The van der Waals surface area contributed by atoms with E-state index in [1.807, 2.05) is 0 Å². The molecule has 0 saturated heterocycles. The molecule has 19 heteroatoms. The highest BCUT2D eigenvalue weighted by Crippen LogP contribution is 2.45. The van der Waals surface area contributed by atoms with Crippen molar-refractivity contribution < 1.29 is 80.2 Å². The number of hydrogen-bond acceptors (Lipinski definition) is 15. The van der Waals surface area contributed by atoms with Gasteiger partial charge in [-0.1, -0.05) is 357 Å². The van der Waals surface area contributed by atoms with E-state index in [1.54, 1.807) is 0 Å². The molecular formula is C79H154O17P2. The summed E-state index contributed by atoms with van der Waals surface area (Å²) in [5, 5.41) is 10.6. The van der Waals surface area contributed by atoms with Crippen molar-refractivity contribution in [3.8, 4) is 0 Å². The predicted octanol–water partition coefficient (Wildman–Crippen LogP) is 23.4. The van der Waals surface area contributed by atoms with E-state index >= 15 is 0 Å². The Morgan fingerprint density at radius 1 is 0.276 bits per heavy atom. The van der Waals surface area contributed by atoms with Gasteiger partial charge in [0.2, 0.25) is 0 Å². The molecule has 0 amide bonds. The topological polar surface area (TPSA) is 237 Å².